The lowest BCUT2D eigenvalue weighted by Crippen LogP contribution is -2.21. The molecule has 1 aliphatic rings. The summed E-state index contributed by atoms with van der Waals surface area (Å²) in [5, 5.41) is 8.28. The Labute approximate surface area is 87.7 Å². The Balaban J connectivity index is 2.15. The average molecular weight is 200 g/mol. The molecule has 0 aliphatic heterocycles. The van der Waals surface area contributed by atoms with Crippen molar-refractivity contribution in [1.29, 1.82) is 0 Å². The van der Waals surface area contributed by atoms with Crippen molar-refractivity contribution in [3.63, 3.8) is 0 Å². The maximum Gasteiger partial charge on any atom is 0.0907 e. The second-order valence-corrected chi connectivity index (χ2v) is 3.99. The SMILES string of the molecule is NC1(c2ccccc2-n2nccn2)CC1. The summed E-state index contributed by atoms with van der Waals surface area (Å²) in [6.07, 6.45) is 5.44. The van der Waals surface area contributed by atoms with Gasteiger partial charge in [0, 0.05) is 5.54 Å². The Morgan fingerprint density at radius 3 is 2.47 bits per heavy atom. The Morgan fingerprint density at radius 2 is 1.80 bits per heavy atom. The summed E-state index contributed by atoms with van der Waals surface area (Å²) in [7, 11) is 0. The van der Waals surface area contributed by atoms with Gasteiger partial charge in [-0.05, 0) is 24.5 Å². The zero-order valence-electron chi connectivity index (χ0n) is 8.30. The standard InChI is InChI=1S/C11H12N4/c12-11(5-6-11)9-3-1-2-4-10(9)15-13-7-8-14-15/h1-4,7-8H,5-6,12H2. The van der Waals surface area contributed by atoms with E-state index in [-0.39, 0.29) is 5.54 Å². The Hall–Kier alpha value is -1.68. The highest BCUT2D eigenvalue weighted by atomic mass is 15.5. The quantitative estimate of drug-likeness (QED) is 0.792. The third-order valence-electron chi connectivity index (χ3n) is 2.86. The minimum absolute atomic E-state index is 0.149. The van der Waals surface area contributed by atoms with Crippen molar-refractivity contribution in [1.82, 2.24) is 15.0 Å². The van der Waals surface area contributed by atoms with Crippen LogP contribution in [-0.2, 0) is 5.54 Å². The lowest BCUT2D eigenvalue weighted by Gasteiger charge is -2.13. The van der Waals surface area contributed by atoms with Gasteiger partial charge in [0.2, 0.25) is 0 Å². The number of hydrogen-bond acceptors (Lipinski definition) is 3. The molecule has 1 fully saturated rings. The smallest absolute Gasteiger partial charge is 0.0907 e. The van der Waals surface area contributed by atoms with Gasteiger partial charge in [-0.15, -0.1) is 0 Å². The van der Waals surface area contributed by atoms with Gasteiger partial charge in [-0.25, -0.2) is 0 Å². The summed E-state index contributed by atoms with van der Waals surface area (Å²) < 4.78 is 0. The molecule has 0 amide bonds. The highest BCUT2D eigenvalue weighted by molar-refractivity contribution is 5.46. The van der Waals surface area contributed by atoms with Crippen LogP contribution in [0.25, 0.3) is 5.69 Å². The molecule has 0 atom stereocenters. The fraction of sp³-hybridized carbons (Fsp3) is 0.273. The van der Waals surface area contributed by atoms with Crippen molar-refractivity contribution in [2.75, 3.05) is 0 Å². The summed E-state index contributed by atoms with van der Waals surface area (Å²) in [5.74, 6) is 0. The van der Waals surface area contributed by atoms with Crippen LogP contribution in [0.4, 0.5) is 0 Å². The van der Waals surface area contributed by atoms with Crippen LogP contribution in [0.1, 0.15) is 18.4 Å². The first-order chi connectivity index (χ1) is 7.30. The molecule has 1 heterocycles. The molecule has 1 aromatic carbocycles. The number of nitrogens with zero attached hydrogens (tertiary/aromatic N) is 3. The largest absolute Gasteiger partial charge is 0.321 e. The first-order valence-corrected chi connectivity index (χ1v) is 5.05. The van der Waals surface area contributed by atoms with Crippen molar-refractivity contribution in [2.24, 2.45) is 5.73 Å². The van der Waals surface area contributed by atoms with Gasteiger partial charge < -0.3 is 5.73 Å². The molecule has 15 heavy (non-hydrogen) atoms. The molecule has 0 bridgehead atoms. The summed E-state index contributed by atoms with van der Waals surface area (Å²) >= 11 is 0. The summed E-state index contributed by atoms with van der Waals surface area (Å²) in [4.78, 5) is 1.63. The monoisotopic (exact) mass is 200 g/mol. The van der Waals surface area contributed by atoms with E-state index in [4.69, 9.17) is 5.73 Å². The fourth-order valence-electron chi connectivity index (χ4n) is 1.81. The predicted molar refractivity (Wildman–Crippen MR) is 56.5 cm³/mol. The predicted octanol–water partition coefficient (Wildman–Crippen LogP) is 1.22. The van der Waals surface area contributed by atoms with Gasteiger partial charge in [-0.2, -0.15) is 15.0 Å². The van der Waals surface area contributed by atoms with E-state index >= 15 is 0 Å². The van der Waals surface area contributed by atoms with E-state index in [1.54, 1.807) is 17.2 Å². The highest BCUT2D eigenvalue weighted by Gasteiger charge is 2.41. The van der Waals surface area contributed by atoms with Crippen LogP contribution >= 0.6 is 0 Å². The first kappa shape index (κ1) is 8.61. The Bertz CT molecular complexity index is 471. The third kappa shape index (κ3) is 1.34. The molecule has 0 unspecified atom stereocenters. The molecule has 2 aromatic rings. The van der Waals surface area contributed by atoms with E-state index in [0.717, 1.165) is 24.1 Å². The molecule has 1 aliphatic carbocycles. The van der Waals surface area contributed by atoms with Gasteiger partial charge in [-0.1, -0.05) is 18.2 Å². The molecule has 76 valence electrons. The van der Waals surface area contributed by atoms with Gasteiger partial charge >= 0.3 is 0 Å². The van der Waals surface area contributed by atoms with Crippen molar-refractivity contribution >= 4 is 0 Å². The van der Waals surface area contributed by atoms with Crippen molar-refractivity contribution in [2.45, 2.75) is 18.4 Å². The zero-order chi connectivity index (χ0) is 10.3. The van der Waals surface area contributed by atoms with Crippen LogP contribution in [0.2, 0.25) is 0 Å². The van der Waals surface area contributed by atoms with Gasteiger partial charge in [0.15, 0.2) is 0 Å². The minimum atomic E-state index is -0.149. The van der Waals surface area contributed by atoms with Gasteiger partial charge in [0.1, 0.15) is 0 Å². The van der Waals surface area contributed by atoms with Crippen molar-refractivity contribution in [3.05, 3.63) is 42.2 Å². The number of rotatable bonds is 2. The molecule has 2 N–H and O–H groups in total. The van der Waals surface area contributed by atoms with E-state index in [1.807, 2.05) is 18.2 Å². The molecule has 0 saturated heterocycles. The second-order valence-electron chi connectivity index (χ2n) is 3.99. The molecule has 0 radical (unpaired) electrons. The summed E-state index contributed by atoms with van der Waals surface area (Å²) in [5.41, 5.74) is 8.19. The van der Waals surface area contributed by atoms with E-state index < -0.39 is 0 Å². The van der Waals surface area contributed by atoms with Crippen LogP contribution in [-0.4, -0.2) is 15.0 Å². The second kappa shape index (κ2) is 2.90. The Morgan fingerprint density at radius 1 is 1.13 bits per heavy atom. The average Bonchev–Trinajstić information content (AvgIpc) is 2.84. The van der Waals surface area contributed by atoms with E-state index in [1.165, 1.54) is 0 Å². The summed E-state index contributed by atoms with van der Waals surface area (Å²) in [6, 6.07) is 8.05. The number of benzene rings is 1. The molecule has 1 saturated carbocycles. The van der Waals surface area contributed by atoms with Crippen LogP contribution in [0.15, 0.2) is 36.7 Å². The van der Waals surface area contributed by atoms with E-state index in [2.05, 4.69) is 16.3 Å². The molecular weight excluding hydrogens is 188 g/mol. The topological polar surface area (TPSA) is 56.7 Å². The third-order valence-corrected chi connectivity index (χ3v) is 2.86. The Kier molecular flexibility index (Phi) is 1.67. The lowest BCUT2D eigenvalue weighted by molar-refractivity contribution is 0.688. The molecule has 0 spiro atoms. The zero-order valence-corrected chi connectivity index (χ0v) is 8.30. The summed E-state index contributed by atoms with van der Waals surface area (Å²) in [6.45, 7) is 0. The molecule has 4 heteroatoms. The maximum absolute atomic E-state index is 6.21. The molecule has 1 aromatic heterocycles. The normalized spacial score (nSPS) is 17.7. The van der Waals surface area contributed by atoms with Crippen LogP contribution in [0.3, 0.4) is 0 Å². The van der Waals surface area contributed by atoms with Crippen LogP contribution < -0.4 is 5.73 Å². The fourth-order valence-corrected chi connectivity index (χ4v) is 1.81. The number of hydrogen-bond donors (Lipinski definition) is 1. The molecule has 4 nitrogen and oxygen atoms in total. The van der Waals surface area contributed by atoms with Gasteiger partial charge in [0.25, 0.3) is 0 Å². The van der Waals surface area contributed by atoms with E-state index in [9.17, 15) is 0 Å². The van der Waals surface area contributed by atoms with Crippen molar-refractivity contribution < 1.29 is 0 Å². The number of aromatic nitrogens is 3. The van der Waals surface area contributed by atoms with Gasteiger partial charge in [-0.3, -0.25) is 0 Å². The van der Waals surface area contributed by atoms with Gasteiger partial charge in [0.05, 0.1) is 18.1 Å². The number of para-hydroxylation sites is 1. The highest BCUT2D eigenvalue weighted by Crippen LogP contribution is 2.44. The maximum atomic E-state index is 6.21. The molecule has 3 rings (SSSR count). The first-order valence-electron chi connectivity index (χ1n) is 5.05. The minimum Gasteiger partial charge on any atom is -0.321 e. The number of nitrogens with two attached hydrogens (primary N) is 1. The van der Waals surface area contributed by atoms with Crippen LogP contribution in [0, 0.1) is 0 Å². The van der Waals surface area contributed by atoms with Crippen molar-refractivity contribution in [3.8, 4) is 5.69 Å². The molecular formula is C11H12N4. The van der Waals surface area contributed by atoms with Crippen LogP contribution in [0.5, 0.6) is 0 Å². The lowest BCUT2D eigenvalue weighted by atomic mass is 10.0. The van der Waals surface area contributed by atoms with E-state index in [0.29, 0.717) is 0 Å².